The van der Waals surface area contributed by atoms with E-state index >= 15 is 0 Å². The predicted octanol–water partition coefficient (Wildman–Crippen LogP) is 4.07. The normalized spacial score (nSPS) is 10.3. The first-order valence-electron chi connectivity index (χ1n) is 5.91. The number of hydrogen-bond acceptors (Lipinski definition) is 4. The molecule has 0 atom stereocenters. The summed E-state index contributed by atoms with van der Waals surface area (Å²) in [5, 5.41) is 14.0. The highest BCUT2D eigenvalue weighted by Crippen LogP contribution is 2.23. The van der Waals surface area contributed by atoms with Crippen LogP contribution in [0.1, 0.15) is 5.56 Å². The molecule has 0 radical (unpaired) electrons. The van der Waals surface area contributed by atoms with Crippen LogP contribution < -0.4 is 5.32 Å². The van der Waals surface area contributed by atoms with Crippen molar-refractivity contribution in [3.05, 3.63) is 64.0 Å². The molecule has 20 heavy (non-hydrogen) atoms. The molecule has 2 rings (SSSR count). The largest absolute Gasteiger partial charge is 0.381 e. The second-order valence-electron chi connectivity index (χ2n) is 4.12. The van der Waals surface area contributed by atoms with E-state index in [0.717, 1.165) is 16.6 Å². The van der Waals surface area contributed by atoms with Gasteiger partial charge in [-0.25, -0.2) is 4.39 Å². The summed E-state index contributed by atoms with van der Waals surface area (Å²) in [4.78, 5) is 11.5. The molecule has 1 N–H and O–H groups in total. The van der Waals surface area contributed by atoms with Crippen molar-refractivity contribution in [1.29, 1.82) is 0 Å². The minimum absolute atomic E-state index is 0.0834. The maximum atomic E-state index is 13.2. The molecule has 0 saturated heterocycles. The highest BCUT2D eigenvalue weighted by Gasteiger charge is 2.14. The third-order valence-electron chi connectivity index (χ3n) is 2.79. The highest BCUT2D eigenvalue weighted by molar-refractivity contribution is 7.98. The third-order valence-corrected chi connectivity index (χ3v) is 3.52. The fourth-order valence-corrected chi connectivity index (χ4v) is 2.26. The molecule has 0 aliphatic heterocycles. The molecule has 2 aromatic carbocycles. The van der Waals surface area contributed by atoms with Crippen LogP contribution in [0.15, 0.2) is 47.4 Å². The Labute approximate surface area is 120 Å². The Hall–Kier alpha value is -2.08. The second-order valence-corrected chi connectivity index (χ2v) is 5.00. The smallest absolute Gasteiger partial charge is 0.274 e. The molecule has 6 heteroatoms. The molecule has 104 valence electrons. The number of nitrogens with zero attached hydrogens (tertiary/aromatic N) is 1. The van der Waals surface area contributed by atoms with Crippen LogP contribution in [-0.2, 0) is 6.54 Å². The van der Waals surface area contributed by atoms with Crippen molar-refractivity contribution in [2.24, 2.45) is 0 Å². The van der Waals surface area contributed by atoms with Gasteiger partial charge in [0.05, 0.1) is 10.5 Å². The van der Waals surface area contributed by atoms with Crippen molar-refractivity contribution in [3.63, 3.8) is 0 Å². The van der Waals surface area contributed by atoms with Gasteiger partial charge < -0.3 is 5.32 Å². The van der Waals surface area contributed by atoms with E-state index in [0.29, 0.717) is 5.56 Å². The molecule has 0 amide bonds. The molecular weight excluding hydrogens is 279 g/mol. The van der Waals surface area contributed by atoms with Gasteiger partial charge in [0.2, 0.25) is 0 Å². The summed E-state index contributed by atoms with van der Waals surface area (Å²) in [7, 11) is 0. The quantitative estimate of drug-likeness (QED) is 0.513. The fourth-order valence-electron chi connectivity index (χ4n) is 1.80. The molecule has 0 saturated carbocycles. The summed E-state index contributed by atoms with van der Waals surface area (Å²) < 4.78 is 13.2. The molecule has 4 nitrogen and oxygen atoms in total. The van der Waals surface area contributed by atoms with Crippen molar-refractivity contribution in [3.8, 4) is 0 Å². The molecular formula is C14H13FN2O2S. The third kappa shape index (κ3) is 3.48. The maximum Gasteiger partial charge on any atom is 0.274 e. The highest BCUT2D eigenvalue weighted by atomic mass is 32.2. The van der Waals surface area contributed by atoms with Crippen molar-refractivity contribution < 1.29 is 9.31 Å². The Kier molecular flexibility index (Phi) is 4.57. The zero-order valence-electron chi connectivity index (χ0n) is 10.8. The Morgan fingerprint density at radius 3 is 2.80 bits per heavy atom. The SMILES string of the molecule is CSc1cccc(NCc2cc(F)ccc2[N+](=O)[O-])c1. The van der Waals surface area contributed by atoms with Crippen molar-refractivity contribution in [2.75, 3.05) is 11.6 Å². The van der Waals surface area contributed by atoms with Crippen LogP contribution in [0.2, 0.25) is 0 Å². The van der Waals surface area contributed by atoms with Gasteiger partial charge in [-0.15, -0.1) is 11.8 Å². The van der Waals surface area contributed by atoms with Gasteiger partial charge in [0.15, 0.2) is 0 Å². The number of nitro benzene ring substituents is 1. The Balaban J connectivity index is 2.17. The number of nitro groups is 1. The molecule has 0 fully saturated rings. The van der Waals surface area contributed by atoms with Crippen molar-refractivity contribution in [1.82, 2.24) is 0 Å². The standard InChI is InChI=1S/C14H13FN2O2S/c1-20-13-4-2-3-12(8-13)16-9-10-7-11(15)5-6-14(10)17(18)19/h2-8,16H,9H2,1H3. The van der Waals surface area contributed by atoms with E-state index in [9.17, 15) is 14.5 Å². The van der Waals surface area contributed by atoms with E-state index in [1.54, 1.807) is 11.8 Å². The van der Waals surface area contributed by atoms with Gasteiger partial charge in [-0.1, -0.05) is 6.07 Å². The van der Waals surface area contributed by atoms with Crippen LogP contribution in [0.4, 0.5) is 15.8 Å². The maximum absolute atomic E-state index is 13.2. The zero-order chi connectivity index (χ0) is 14.5. The molecule has 0 bridgehead atoms. The molecule has 0 aliphatic carbocycles. The van der Waals surface area contributed by atoms with Gasteiger partial charge >= 0.3 is 0 Å². The minimum Gasteiger partial charge on any atom is -0.381 e. The fraction of sp³-hybridized carbons (Fsp3) is 0.143. The average molecular weight is 292 g/mol. The summed E-state index contributed by atoms with van der Waals surface area (Å²) in [6.07, 6.45) is 1.97. The molecule has 0 unspecified atom stereocenters. The van der Waals surface area contributed by atoms with E-state index in [2.05, 4.69) is 5.32 Å². The lowest BCUT2D eigenvalue weighted by Gasteiger charge is -2.08. The molecule has 0 aliphatic rings. The number of rotatable bonds is 5. The topological polar surface area (TPSA) is 55.2 Å². The van der Waals surface area contributed by atoms with Gasteiger partial charge in [0.1, 0.15) is 5.82 Å². The Bertz CT molecular complexity index is 634. The molecule has 2 aromatic rings. The monoisotopic (exact) mass is 292 g/mol. The van der Waals surface area contributed by atoms with Crippen LogP contribution in [-0.4, -0.2) is 11.2 Å². The van der Waals surface area contributed by atoms with Crippen LogP contribution >= 0.6 is 11.8 Å². The summed E-state index contributed by atoms with van der Waals surface area (Å²) in [6.45, 7) is 0.200. The molecule has 0 aromatic heterocycles. The number of hydrogen-bond donors (Lipinski definition) is 1. The van der Waals surface area contributed by atoms with E-state index < -0.39 is 10.7 Å². The van der Waals surface area contributed by atoms with Crippen LogP contribution in [0.3, 0.4) is 0 Å². The summed E-state index contributed by atoms with van der Waals surface area (Å²) in [6, 6.07) is 11.1. The molecule has 0 heterocycles. The van der Waals surface area contributed by atoms with E-state index in [1.807, 2.05) is 30.5 Å². The van der Waals surface area contributed by atoms with E-state index in [-0.39, 0.29) is 12.2 Å². The van der Waals surface area contributed by atoms with E-state index in [4.69, 9.17) is 0 Å². The predicted molar refractivity (Wildman–Crippen MR) is 78.6 cm³/mol. The zero-order valence-corrected chi connectivity index (χ0v) is 11.6. The number of nitrogens with one attached hydrogen (secondary N) is 1. The Morgan fingerprint density at radius 2 is 2.10 bits per heavy atom. The lowest BCUT2D eigenvalue weighted by Crippen LogP contribution is -2.03. The van der Waals surface area contributed by atoms with E-state index in [1.165, 1.54) is 12.1 Å². The van der Waals surface area contributed by atoms with Crippen LogP contribution in [0, 0.1) is 15.9 Å². The number of anilines is 1. The first-order chi connectivity index (χ1) is 9.60. The van der Waals surface area contributed by atoms with Gasteiger partial charge in [-0.3, -0.25) is 10.1 Å². The number of benzene rings is 2. The summed E-state index contributed by atoms with van der Waals surface area (Å²) >= 11 is 1.61. The lowest BCUT2D eigenvalue weighted by atomic mass is 10.1. The lowest BCUT2D eigenvalue weighted by molar-refractivity contribution is -0.385. The minimum atomic E-state index is -0.505. The Morgan fingerprint density at radius 1 is 1.30 bits per heavy atom. The van der Waals surface area contributed by atoms with Gasteiger partial charge in [0, 0.05) is 23.2 Å². The summed E-state index contributed by atoms with van der Waals surface area (Å²) in [5.74, 6) is -0.481. The first-order valence-corrected chi connectivity index (χ1v) is 7.13. The van der Waals surface area contributed by atoms with Gasteiger partial charge in [-0.2, -0.15) is 0 Å². The average Bonchev–Trinajstić information content (AvgIpc) is 2.45. The molecule has 0 spiro atoms. The van der Waals surface area contributed by atoms with Crippen LogP contribution in [0.5, 0.6) is 0 Å². The second kappa shape index (κ2) is 6.38. The van der Waals surface area contributed by atoms with Crippen molar-refractivity contribution in [2.45, 2.75) is 11.4 Å². The van der Waals surface area contributed by atoms with Crippen molar-refractivity contribution >= 4 is 23.1 Å². The van der Waals surface area contributed by atoms with Gasteiger partial charge in [-0.05, 0) is 36.6 Å². The van der Waals surface area contributed by atoms with Crippen LogP contribution in [0.25, 0.3) is 0 Å². The summed E-state index contributed by atoms with van der Waals surface area (Å²) in [5.41, 5.74) is 1.08. The number of halogens is 1. The number of thioether (sulfide) groups is 1. The van der Waals surface area contributed by atoms with Gasteiger partial charge in [0.25, 0.3) is 5.69 Å². The first kappa shape index (κ1) is 14.3.